The second-order valence-corrected chi connectivity index (χ2v) is 6.86. The molecule has 3 heteroatoms. The number of alkyl halides is 1. The molecule has 0 heterocycles. The van der Waals surface area contributed by atoms with Gasteiger partial charge < -0.3 is 5.32 Å². The van der Waals surface area contributed by atoms with Gasteiger partial charge in [0.15, 0.2) is 0 Å². The lowest BCUT2D eigenvalue weighted by molar-refractivity contribution is -0.121. The molecule has 0 spiro atoms. The first-order valence-electron chi connectivity index (χ1n) is 6.86. The Morgan fingerprint density at radius 2 is 2.00 bits per heavy atom. The molecule has 0 aromatic heterocycles. The summed E-state index contributed by atoms with van der Waals surface area (Å²) < 4.78 is 0. The van der Waals surface area contributed by atoms with Crippen molar-refractivity contribution in [2.45, 2.75) is 58.8 Å². The second-order valence-electron chi connectivity index (χ2n) is 6.07. The molecule has 0 saturated heterocycles. The Kier molecular flexibility index (Phi) is 6.53. The molecule has 1 amide bonds. The summed E-state index contributed by atoms with van der Waals surface area (Å²) in [4.78, 5) is 11.7. The van der Waals surface area contributed by atoms with E-state index in [-0.39, 0.29) is 11.3 Å². The number of hydrogen-bond acceptors (Lipinski definition) is 1. The zero-order valence-electron chi connectivity index (χ0n) is 11.2. The van der Waals surface area contributed by atoms with Gasteiger partial charge in [0.2, 0.25) is 5.91 Å². The maximum absolute atomic E-state index is 11.7. The highest BCUT2D eigenvalue weighted by Crippen LogP contribution is 2.28. The average Bonchev–Trinajstić information content (AvgIpc) is 2.76. The first-order valence-corrected chi connectivity index (χ1v) is 7.98. The van der Waals surface area contributed by atoms with Crippen molar-refractivity contribution < 1.29 is 4.79 Å². The van der Waals surface area contributed by atoms with Crippen molar-refractivity contribution in [2.75, 3.05) is 11.9 Å². The van der Waals surface area contributed by atoms with E-state index >= 15 is 0 Å². The molecule has 0 unspecified atom stereocenters. The third-order valence-electron chi connectivity index (χ3n) is 3.79. The zero-order valence-corrected chi connectivity index (χ0v) is 12.8. The standard InChI is InChI=1S/C14H26BrNO/c1-14(2,9-10-15)11-16-13(17)8-7-12-5-3-4-6-12/h12H,3-11H2,1-2H3,(H,16,17). The summed E-state index contributed by atoms with van der Waals surface area (Å²) >= 11 is 3.45. The largest absolute Gasteiger partial charge is 0.356 e. The van der Waals surface area contributed by atoms with E-state index in [2.05, 4.69) is 35.1 Å². The summed E-state index contributed by atoms with van der Waals surface area (Å²) in [5.74, 6) is 1.05. The number of nitrogens with one attached hydrogen (secondary N) is 1. The Bertz CT molecular complexity index is 234. The lowest BCUT2D eigenvalue weighted by Gasteiger charge is -2.24. The molecular formula is C14H26BrNO. The fourth-order valence-electron chi connectivity index (χ4n) is 2.40. The highest BCUT2D eigenvalue weighted by molar-refractivity contribution is 9.09. The van der Waals surface area contributed by atoms with Crippen LogP contribution in [0.25, 0.3) is 0 Å². The lowest BCUT2D eigenvalue weighted by atomic mass is 9.90. The van der Waals surface area contributed by atoms with Gasteiger partial charge in [-0.15, -0.1) is 0 Å². The van der Waals surface area contributed by atoms with Crippen molar-refractivity contribution in [3.63, 3.8) is 0 Å². The number of carbonyl (C=O) groups is 1. The summed E-state index contributed by atoms with van der Waals surface area (Å²) in [5, 5.41) is 4.07. The van der Waals surface area contributed by atoms with Crippen LogP contribution in [0.4, 0.5) is 0 Å². The van der Waals surface area contributed by atoms with E-state index in [4.69, 9.17) is 0 Å². The average molecular weight is 304 g/mol. The maximum Gasteiger partial charge on any atom is 0.220 e. The van der Waals surface area contributed by atoms with E-state index in [1.807, 2.05) is 0 Å². The molecule has 1 fully saturated rings. The van der Waals surface area contributed by atoms with Gasteiger partial charge in [0.1, 0.15) is 0 Å². The summed E-state index contributed by atoms with van der Waals surface area (Å²) in [7, 11) is 0. The van der Waals surface area contributed by atoms with Gasteiger partial charge in [-0.25, -0.2) is 0 Å². The molecule has 100 valence electrons. The van der Waals surface area contributed by atoms with Crippen LogP contribution in [0, 0.1) is 11.3 Å². The Hall–Kier alpha value is -0.0500. The van der Waals surface area contributed by atoms with Crippen LogP contribution in [-0.4, -0.2) is 17.8 Å². The SMILES string of the molecule is CC(C)(CCBr)CNC(=O)CCC1CCCC1. The molecule has 1 saturated carbocycles. The first kappa shape index (κ1) is 15.0. The molecule has 2 nitrogen and oxygen atoms in total. The fraction of sp³-hybridized carbons (Fsp3) is 0.929. The quantitative estimate of drug-likeness (QED) is 0.710. The van der Waals surface area contributed by atoms with Crippen LogP contribution in [0.3, 0.4) is 0 Å². The van der Waals surface area contributed by atoms with E-state index in [1.165, 1.54) is 25.7 Å². The van der Waals surface area contributed by atoms with Gasteiger partial charge in [-0.3, -0.25) is 4.79 Å². The van der Waals surface area contributed by atoms with E-state index in [1.54, 1.807) is 0 Å². The van der Waals surface area contributed by atoms with E-state index in [9.17, 15) is 4.79 Å². The van der Waals surface area contributed by atoms with E-state index < -0.39 is 0 Å². The highest BCUT2D eigenvalue weighted by Gasteiger charge is 2.19. The van der Waals surface area contributed by atoms with Gasteiger partial charge in [0, 0.05) is 18.3 Å². The van der Waals surface area contributed by atoms with Gasteiger partial charge in [-0.2, -0.15) is 0 Å². The lowest BCUT2D eigenvalue weighted by Crippen LogP contribution is -2.34. The van der Waals surface area contributed by atoms with Gasteiger partial charge in [0.05, 0.1) is 0 Å². The molecule has 0 aliphatic heterocycles. The Balaban J connectivity index is 2.11. The zero-order chi connectivity index (χ0) is 12.7. The fourth-order valence-corrected chi connectivity index (χ4v) is 3.48. The first-order chi connectivity index (χ1) is 8.03. The topological polar surface area (TPSA) is 29.1 Å². The van der Waals surface area contributed by atoms with Gasteiger partial charge in [-0.1, -0.05) is 55.5 Å². The molecule has 0 atom stereocenters. The van der Waals surface area contributed by atoms with Crippen LogP contribution < -0.4 is 5.32 Å². The Labute approximate surface area is 114 Å². The van der Waals surface area contributed by atoms with E-state index in [0.29, 0.717) is 0 Å². The number of rotatable bonds is 7. The maximum atomic E-state index is 11.7. The minimum atomic E-state index is 0.201. The minimum absolute atomic E-state index is 0.201. The van der Waals surface area contributed by atoms with Gasteiger partial charge in [0.25, 0.3) is 0 Å². The predicted molar refractivity (Wildman–Crippen MR) is 76.4 cm³/mol. The molecule has 1 N–H and O–H groups in total. The Morgan fingerprint density at radius 3 is 2.59 bits per heavy atom. The number of halogens is 1. The normalized spacial score (nSPS) is 17.4. The predicted octanol–water partition coefficient (Wildman–Crippen LogP) is 3.88. The van der Waals surface area contributed by atoms with E-state index in [0.717, 1.165) is 37.1 Å². The van der Waals surface area contributed by atoms with Crippen molar-refractivity contribution >= 4 is 21.8 Å². The minimum Gasteiger partial charge on any atom is -0.356 e. The van der Waals surface area contributed by atoms with Crippen LogP contribution in [-0.2, 0) is 4.79 Å². The van der Waals surface area contributed by atoms with Gasteiger partial charge >= 0.3 is 0 Å². The van der Waals surface area contributed by atoms with Crippen molar-refractivity contribution in [3.05, 3.63) is 0 Å². The molecule has 17 heavy (non-hydrogen) atoms. The highest BCUT2D eigenvalue weighted by atomic mass is 79.9. The summed E-state index contributed by atoms with van der Waals surface area (Å²) in [5.41, 5.74) is 0.201. The van der Waals surface area contributed by atoms with Crippen LogP contribution in [0.2, 0.25) is 0 Å². The smallest absolute Gasteiger partial charge is 0.220 e. The summed E-state index contributed by atoms with van der Waals surface area (Å²) in [6, 6.07) is 0. The monoisotopic (exact) mass is 303 g/mol. The van der Waals surface area contributed by atoms with Crippen LogP contribution in [0.15, 0.2) is 0 Å². The molecule has 0 radical (unpaired) electrons. The third-order valence-corrected chi connectivity index (χ3v) is 4.19. The molecule has 0 bridgehead atoms. The van der Waals surface area contributed by atoms with Crippen molar-refractivity contribution in [3.8, 4) is 0 Å². The third kappa shape index (κ3) is 6.44. The molecular weight excluding hydrogens is 278 g/mol. The number of hydrogen-bond donors (Lipinski definition) is 1. The molecule has 1 aliphatic rings. The second kappa shape index (κ2) is 7.40. The molecule has 0 aromatic rings. The van der Waals surface area contributed by atoms with Crippen molar-refractivity contribution in [1.82, 2.24) is 5.32 Å². The molecule has 1 aliphatic carbocycles. The van der Waals surface area contributed by atoms with Crippen molar-refractivity contribution in [1.29, 1.82) is 0 Å². The van der Waals surface area contributed by atoms with Crippen LogP contribution in [0.5, 0.6) is 0 Å². The van der Waals surface area contributed by atoms with Crippen LogP contribution in [0.1, 0.15) is 58.8 Å². The number of carbonyl (C=O) groups excluding carboxylic acids is 1. The van der Waals surface area contributed by atoms with Crippen LogP contribution >= 0.6 is 15.9 Å². The molecule has 0 aromatic carbocycles. The summed E-state index contributed by atoms with van der Waals surface area (Å²) in [6.45, 7) is 5.19. The summed E-state index contributed by atoms with van der Waals surface area (Å²) in [6.07, 6.45) is 8.30. The van der Waals surface area contributed by atoms with Crippen molar-refractivity contribution in [2.24, 2.45) is 11.3 Å². The number of amides is 1. The Morgan fingerprint density at radius 1 is 1.35 bits per heavy atom. The molecule has 1 rings (SSSR count). The van der Waals surface area contributed by atoms with Gasteiger partial charge in [-0.05, 0) is 24.2 Å².